The highest BCUT2D eigenvalue weighted by Crippen LogP contribution is 2.28. The lowest BCUT2D eigenvalue weighted by molar-refractivity contribution is 0.198. The highest BCUT2D eigenvalue weighted by Gasteiger charge is 2.23. The van der Waals surface area contributed by atoms with Crippen molar-refractivity contribution in [3.05, 3.63) is 53.3 Å². The molecule has 1 saturated heterocycles. The second kappa shape index (κ2) is 7.40. The maximum absolute atomic E-state index is 9.20. The van der Waals surface area contributed by atoms with Gasteiger partial charge in [-0.25, -0.2) is 0 Å². The number of aliphatic hydroxyl groups is 1. The van der Waals surface area contributed by atoms with Crippen LogP contribution in [-0.4, -0.2) is 39.5 Å². The zero-order valence-electron chi connectivity index (χ0n) is 13.2. The van der Waals surface area contributed by atoms with Crippen molar-refractivity contribution >= 4 is 0 Å². The number of hydrogen-bond donors (Lipinski definition) is 1. The van der Waals surface area contributed by atoms with E-state index in [0.29, 0.717) is 12.5 Å². The summed E-state index contributed by atoms with van der Waals surface area (Å²) in [6.07, 6.45) is 4.00. The normalized spacial score (nSPS) is 16.3. The Balaban J connectivity index is 1.60. The van der Waals surface area contributed by atoms with Gasteiger partial charge in [0, 0.05) is 24.4 Å². The van der Waals surface area contributed by atoms with Gasteiger partial charge in [0.25, 0.3) is 0 Å². The molecule has 2 heterocycles. The Kier molecular flexibility index (Phi) is 5.06. The first-order valence-electron chi connectivity index (χ1n) is 8.14. The molecule has 1 N–H and O–H groups in total. The number of piperidine rings is 1. The van der Waals surface area contributed by atoms with Crippen LogP contribution in [0.25, 0.3) is 0 Å². The van der Waals surface area contributed by atoms with Crippen LogP contribution in [0.5, 0.6) is 0 Å². The van der Waals surface area contributed by atoms with Gasteiger partial charge in [-0.1, -0.05) is 18.2 Å². The van der Waals surface area contributed by atoms with E-state index >= 15 is 0 Å². The van der Waals surface area contributed by atoms with Gasteiger partial charge in [0.15, 0.2) is 0 Å². The summed E-state index contributed by atoms with van der Waals surface area (Å²) in [5.74, 6) is 0.506. The van der Waals surface area contributed by atoms with Gasteiger partial charge in [-0.05, 0) is 43.6 Å². The summed E-state index contributed by atoms with van der Waals surface area (Å²) in [6.45, 7) is 3.58. The van der Waals surface area contributed by atoms with E-state index in [4.69, 9.17) is 5.11 Å². The quantitative estimate of drug-likeness (QED) is 0.919. The van der Waals surface area contributed by atoms with Crippen molar-refractivity contribution < 1.29 is 5.11 Å². The third-order valence-corrected chi connectivity index (χ3v) is 4.60. The number of aliphatic hydroxyl groups excluding tert-OH is 1. The predicted molar refractivity (Wildman–Crippen MR) is 87.7 cm³/mol. The Bertz CT molecular complexity index is 680. The minimum absolute atomic E-state index is 0.123. The van der Waals surface area contributed by atoms with Crippen molar-refractivity contribution in [3.63, 3.8) is 0 Å². The summed E-state index contributed by atoms with van der Waals surface area (Å²) >= 11 is 0. The van der Waals surface area contributed by atoms with Crippen LogP contribution < -0.4 is 0 Å². The van der Waals surface area contributed by atoms with Crippen LogP contribution in [-0.2, 0) is 13.1 Å². The van der Waals surface area contributed by atoms with Crippen molar-refractivity contribution in [3.8, 4) is 6.07 Å². The highest BCUT2D eigenvalue weighted by atomic mass is 16.3. The van der Waals surface area contributed by atoms with Crippen LogP contribution in [0.3, 0.4) is 0 Å². The first kappa shape index (κ1) is 15.7. The van der Waals surface area contributed by atoms with Crippen molar-refractivity contribution in [1.29, 1.82) is 5.26 Å². The van der Waals surface area contributed by atoms with Gasteiger partial charge in [0.1, 0.15) is 0 Å². The minimum Gasteiger partial charge on any atom is -0.394 e. The largest absolute Gasteiger partial charge is 0.394 e. The molecule has 0 radical (unpaired) electrons. The maximum Gasteiger partial charge on any atom is 0.0995 e. The second-order valence-corrected chi connectivity index (χ2v) is 6.02. The lowest BCUT2D eigenvalue weighted by Gasteiger charge is -2.32. The molecule has 23 heavy (non-hydrogen) atoms. The zero-order valence-corrected chi connectivity index (χ0v) is 13.2. The van der Waals surface area contributed by atoms with Gasteiger partial charge in [-0.15, -0.1) is 0 Å². The topological polar surface area (TPSA) is 65.1 Å². The Morgan fingerprint density at radius 1 is 1.22 bits per heavy atom. The van der Waals surface area contributed by atoms with E-state index in [2.05, 4.69) is 22.1 Å². The van der Waals surface area contributed by atoms with E-state index in [1.807, 2.05) is 35.1 Å². The third-order valence-electron chi connectivity index (χ3n) is 4.60. The molecule has 0 unspecified atom stereocenters. The maximum atomic E-state index is 9.20. The van der Waals surface area contributed by atoms with Crippen LogP contribution >= 0.6 is 0 Å². The number of rotatable bonds is 5. The Hall–Kier alpha value is -2.16. The van der Waals surface area contributed by atoms with Crippen molar-refractivity contribution in [2.45, 2.75) is 31.8 Å². The number of aromatic nitrogens is 2. The molecule has 0 atom stereocenters. The molecule has 5 nitrogen and oxygen atoms in total. The van der Waals surface area contributed by atoms with Crippen molar-refractivity contribution in [2.75, 3.05) is 19.7 Å². The molecular formula is C18H22N4O. The van der Waals surface area contributed by atoms with Gasteiger partial charge in [0.2, 0.25) is 0 Å². The average Bonchev–Trinajstić information content (AvgIpc) is 3.05. The number of nitrogens with zero attached hydrogens (tertiary/aromatic N) is 4. The van der Waals surface area contributed by atoms with E-state index in [1.54, 1.807) is 0 Å². The van der Waals surface area contributed by atoms with E-state index < -0.39 is 0 Å². The molecule has 0 aliphatic carbocycles. The molecule has 0 amide bonds. The molecule has 1 aliphatic rings. The van der Waals surface area contributed by atoms with Gasteiger partial charge >= 0.3 is 0 Å². The molecule has 0 spiro atoms. The van der Waals surface area contributed by atoms with E-state index in [9.17, 15) is 5.26 Å². The number of benzene rings is 1. The molecular weight excluding hydrogens is 288 g/mol. The van der Waals surface area contributed by atoms with Gasteiger partial charge in [-0.2, -0.15) is 10.4 Å². The summed E-state index contributed by atoms with van der Waals surface area (Å²) in [6, 6.07) is 12.2. The van der Waals surface area contributed by atoms with E-state index in [1.165, 1.54) is 5.69 Å². The van der Waals surface area contributed by atoms with Crippen LogP contribution in [0.1, 0.15) is 35.6 Å². The van der Waals surface area contributed by atoms with Crippen LogP contribution in [0.2, 0.25) is 0 Å². The highest BCUT2D eigenvalue weighted by molar-refractivity contribution is 5.37. The van der Waals surface area contributed by atoms with Gasteiger partial charge in [-0.3, -0.25) is 9.58 Å². The molecule has 0 saturated carbocycles. The Morgan fingerprint density at radius 3 is 2.74 bits per heavy atom. The lowest BCUT2D eigenvalue weighted by Crippen LogP contribution is -2.33. The van der Waals surface area contributed by atoms with E-state index in [0.717, 1.165) is 43.6 Å². The third kappa shape index (κ3) is 3.61. The van der Waals surface area contributed by atoms with Crippen molar-refractivity contribution in [1.82, 2.24) is 14.7 Å². The molecule has 1 aromatic carbocycles. The number of nitriles is 1. The second-order valence-electron chi connectivity index (χ2n) is 6.02. The molecule has 120 valence electrons. The molecule has 3 rings (SSSR count). The molecule has 5 heteroatoms. The number of likely N-dealkylation sites (tertiary alicyclic amines) is 1. The van der Waals surface area contributed by atoms with E-state index in [-0.39, 0.29) is 6.61 Å². The fourth-order valence-corrected chi connectivity index (χ4v) is 3.37. The van der Waals surface area contributed by atoms with Crippen LogP contribution in [0.15, 0.2) is 36.5 Å². The summed E-state index contributed by atoms with van der Waals surface area (Å²) in [4.78, 5) is 2.42. The molecule has 1 aromatic heterocycles. The first-order chi connectivity index (χ1) is 11.3. The Morgan fingerprint density at radius 2 is 2.00 bits per heavy atom. The predicted octanol–water partition coefficient (Wildman–Crippen LogP) is 2.13. The number of hydrogen-bond acceptors (Lipinski definition) is 4. The fraction of sp³-hybridized carbons (Fsp3) is 0.444. The average molecular weight is 310 g/mol. The van der Waals surface area contributed by atoms with Crippen LogP contribution in [0.4, 0.5) is 0 Å². The van der Waals surface area contributed by atoms with Gasteiger partial charge in [0.05, 0.1) is 24.8 Å². The summed E-state index contributed by atoms with van der Waals surface area (Å²) in [5, 5.41) is 22.6. The summed E-state index contributed by atoms with van der Waals surface area (Å²) < 4.78 is 1.92. The minimum atomic E-state index is 0.123. The van der Waals surface area contributed by atoms with Crippen molar-refractivity contribution in [2.24, 2.45) is 0 Å². The summed E-state index contributed by atoms with van der Waals surface area (Å²) in [7, 11) is 0. The first-order valence-corrected chi connectivity index (χ1v) is 8.14. The fourth-order valence-electron chi connectivity index (χ4n) is 3.37. The molecule has 1 fully saturated rings. The smallest absolute Gasteiger partial charge is 0.0995 e. The molecule has 2 aromatic rings. The Labute approximate surface area is 136 Å². The zero-order chi connectivity index (χ0) is 16.1. The monoisotopic (exact) mass is 310 g/mol. The molecule has 1 aliphatic heterocycles. The van der Waals surface area contributed by atoms with Gasteiger partial charge < -0.3 is 5.11 Å². The lowest BCUT2D eigenvalue weighted by atomic mass is 9.93. The molecule has 0 bridgehead atoms. The summed E-state index contributed by atoms with van der Waals surface area (Å²) in [5.41, 5.74) is 3.12. The SMILES string of the molecule is N#Cc1ccccc1CN1CCC(c2ccnn2CCO)CC1. The standard InChI is InChI=1S/C18H22N4O/c19-13-16-3-1-2-4-17(16)14-21-9-6-15(7-10-21)18-5-8-20-22(18)11-12-23/h1-5,8,15,23H,6-7,9-12,14H2. The van der Waals surface area contributed by atoms with Crippen LogP contribution in [0, 0.1) is 11.3 Å².